The zero-order chi connectivity index (χ0) is 15.5. The van der Waals surface area contributed by atoms with Gasteiger partial charge in [-0.05, 0) is 54.1 Å². The number of hydrogen-bond acceptors (Lipinski definition) is 2. The topological polar surface area (TPSA) is 57.4 Å². The van der Waals surface area contributed by atoms with Crippen LogP contribution in [-0.2, 0) is 6.42 Å². The van der Waals surface area contributed by atoms with E-state index < -0.39 is 0 Å². The van der Waals surface area contributed by atoms with Crippen LogP contribution in [0.25, 0.3) is 22.8 Å². The van der Waals surface area contributed by atoms with Gasteiger partial charge in [0.1, 0.15) is 0 Å². The Labute approximate surface area is 134 Å². The number of nitrogens with one attached hydrogen (secondary N) is 2. The SMILES string of the molecule is c1cc(Cc2ccnc(-c3ccc[nH]3)c2)nc(-c2ccc[nH]2)c1. The fourth-order valence-electron chi connectivity index (χ4n) is 2.65. The van der Waals surface area contributed by atoms with Gasteiger partial charge in [-0.15, -0.1) is 0 Å². The maximum absolute atomic E-state index is 4.74. The largest absolute Gasteiger partial charge is 0.360 e. The zero-order valence-corrected chi connectivity index (χ0v) is 12.5. The Morgan fingerprint density at radius 2 is 1.57 bits per heavy atom. The Morgan fingerprint density at radius 3 is 2.30 bits per heavy atom. The van der Waals surface area contributed by atoms with E-state index in [0.29, 0.717) is 0 Å². The second kappa shape index (κ2) is 5.93. The summed E-state index contributed by atoms with van der Waals surface area (Å²) >= 11 is 0. The summed E-state index contributed by atoms with van der Waals surface area (Å²) in [5, 5.41) is 0. The normalized spacial score (nSPS) is 10.8. The molecule has 0 amide bonds. The highest BCUT2D eigenvalue weighted by atomic mass is 14.8. The molecule has 0 aliphatic rings. The lowest BCUT2D eigenvalue weighted by atomic mass is 10.1. The van der Waals surface area contributed by atoms with Crippen LogP contribution in [0.3, 0.4) is 0 Å². The van der Waals surface area contributed by atoms with Crippen LogP contribution in [0.4, 0.5) is 0 Å². The molecule has 0 fully saturated rings. The molecule has 23 heavy (non-hydrogen) atoms. The van der Waals surface area contributed by atoms with Gasteiger partial charge in [-0.2, -0.15) is 0 Å². The molecule has 0 aliphatic carbocycles. The Kier molecular flexibility index (Phi) is 3.48. The molecule has 0 aromatic carbocycles. The minimum absolute atomic E-state index is 0.783. The summed E-state index contributed by atoms with van der Waals surface area (Å²) in [6, 6.07) is 18.3. The molecule has 0 saturated carbocycles. The summed E-state index contributed by atoms with van der Waals surface area (Å²) in [6.45, 7) is 0. The maximum atomic E-state index is 4.74. The molecule has 0 aliphatic heterocycles. The highest BCUT2D eigenvalue weighted by molar-refractivity contribution is 5.56. The van der Waals surface area contributed by atoms with Crippen LogP contribution in [0.15, 0.2) is 73.2 Å². The van der Waals surface area contributed by atoms with Gasteiger partial charge in [-0.25, -0.2) is 0 Å². The van der Waals surface area contributed by atoms with Crippen LogP contribution in [-0.4, -0.2) is 19.9 Å². The van der Waals surface area contributed by atoms with Gasteiger partial charge in [-0.3, -0.25) is 9.97 Å². The Hall–Kier alpha value is -3.14. The van der Waals surface area contributed by atoms with Crippen molar-refractivity contribution in [2.24, 2.45) is 0 Å². The highest BCUT2D eigenvalue weighted by Crippen LogP contribution is 2.19. The van der Waals surface area contributed by atoms with E-state index in [-0.39, 0.29) is 0 Å². The lowest BCUT2D eigenvalue weighted by Crippen LogP contribution is -1.95. The first-order chi connectivity index (χ1) is 11.4. The van der Waals surface area contributed by atoms with Gasteiger partial charge in [0.05, 0.1) is 22.8 Å². The van der Waals surface area contributed by atoms with Gasteiger partial charge >= 0.3 is 0 Å². The minimum Gasteiger partial charge on any atom is -0.360 e. The number of aromatic nitrogens is 4. The number of aromatic amines is 2. The van der Waals surface area contributed by atoms with Gasteiger partial charge in [0.15, 0.2) is 0 Å². The molecule has 4 heteroatoms. The first-order valence-corrected chi connectivity index (χ1v) is 7.57. The van der Waals surface area contributed by atoms with E-state index in [0.717, 1.165) is 34.9 Å². The lowest BCUT2D eigenvalue weighted by Gasteiger charge is -2.05. The summed E-state index contributed by atoms with van der Waals surface area (Å²) in [5.41, 5.74) is 6.22. The van der Waals surface area contributed by atoms with E-state index in [4.69, 9.17) is 4.98 Å². The summed E-state index contributed by atoms with van der Waals surface area (Å²) in [6.07, 6.45) is 6.45. The third-order valence-corrected chi connectivity index (χ3v) is 3.76. The van der Waals surface area contributed by atoms with Crippen LogP contribution in [0.2, 0.25) is 0 Å². The average Bonchev–Trinajstić information content (AvgIpc) is 3.29. The molecule has 0 unspecified atom stereocenters. The molecule has 4 aromatic rings. The Bertz CT molecular complexity index is 817. The van der Waals surface area contributed by atoms with Crippen molar-refractivity contribution in [3.8, 4) is 22.8 Å². The molecule has 0 radical (unpaired) electrons. The van der Waals surface area contributed by atoms with Crippen molar-refractivity contribution in [1.29, 1.82) is 0 Å². The molecule has 4 nitrogen and oxygen atoms in total. The number of pyridine rings is 2. The summed E-state index contributed by atoms with van der Waals surface area (Å²) in [4.78, 5) is 15.6. The van der Waals surface area contributed by atoms with Gasteiger partial charge in [-0.1, -0.05) is 6.07 Å². The molecular formula is C19H16N4. The first kappa shape index (κ1) is 13.5. The zero-order valence-electron chi connectivity index (χ0n) is 12.5. The lowest BCUT2D eigenvalue weighted by molar-refractivity contribution is 1.06. The Morgan fingerprint density at radius 1 is 0.783 bits per heavy atom. The van der Waals surface area contributed by atoms with Gasteiger partial charge < -0.3 is 9.97 Å². The summed E-state index contributed by atoms with van der Waals surface area (Å²) in [7, 11) is 0. The number of H-pyrrole nitrogens is 2. The van der Waals surface area contributed by atoms with E-state index in [9.17, 15) is 0 Å². The quantitative estimate of drug-likeness (QED) is 0.597. The maximum Gasteiger partial charge on any atom is 0.0867 e. The van der Waals surface area contributed by atoms with Gasteiger partial charge in [0.25, 0.3) is 0 Å². The van der Waals surface area contributed by atoms with Crippen LogP contribution in [0.1, 0.15) is 11.3 Å². The average molecular weight is 300 g/mol. The molecule has 4 aromatic heterocycles. The fraction of sp³-hybridized carbons (Fsp3) is 0.0526. The molecule has 0 saturated heterocycles. The molecule has 0 bridgehead atoms. The van der Waals surface area contributed by atoms with E-state index in [1.165, 1.54) is 5.56 Å². The van der Waals surface area contributed by atoms with Gasteiger partial charge in [0, 0.05) is 30.7 Å². The molecular weight excluding hydrogens is 284 g/mol. The van der Waals surface area contributed by atoms with Crippen molar-refractivity contribution in [2.75, 3.05) is 0 Å². The van der Waals surface area contributed by atoms with Crippen molar-refractivity contribution in [3.63, 3.8) is 0 Å². The molecule has 2 N–H and O–H groups in total. The molecule has 0 spiro atoms. The standard InChI is InChI=1S/C19H16N4/c1-4-15(23-18(5-1)16-6-2-9-20-16)12-14-8-11-22-19(13-14)17-7-3-10-21-17/h1-11,13,20-21H,12H2. The van der Waals surface area contributed by atoms with Crippen LogP contribution in [0, 0.1) is 0 Å². The summed E-state index contributed by atoms with van der Waals surface area (Å²) < 4.78 is 0. The molecule has 4 rings (SSSR count). The molecule has 0 atom stereocenters. The van der Waals surface area contributed by atoms with Crippen LogP contribution in [0.5, 0.6) is 0 Å². The summed E-state index contributed by atoms with van der Waals surface area (Å²) in [5.74, 6) is 0. The monoisotopic (exact) mass is 300 g/mol. The van der Waals surface area contributed by atoms with Gasteiger partial charge in [0.2, 0.25) is 0 Å². The van der Waals surface area contributed by atoms with Crippen LogP contribution >= 0.6 is 0 Å². The predicted molar refractivity (Wildman–Crippen MR) is 90.9 cm³/mol. The number of nitrogens with zero attached hydrogens (tertiary/aromatic N) is 2. The molecule has 4 heterocycles. The predicted octanol–water partition coefficient (Wildman–Crippen LogP) is 4.06. The van der Waals surface area contributed by atoms with E-state index in [1.54, 1.807) is 0 Å². The second-order valence-corrected chi connectivity index (χ2v) is 5.41. The van der Waals surface area contributed by atoms with E-state index >= 15 is 0 Å². The third-order valence-electron chi connectivity index (χ3n) is 3.76. The van der Waals surface area contributed by atoms with Crippen molar-refractivity contribution >= 4 is 0 Å². The first-order valence-electron chi connectivity index (χ1n) is 7.57. The smallest absolute Gasteiger partial charge is 0.0867 e. The minimum atomic E-state index is 0.783. The third kappa shape index (κ3) is 2.92. The van der Waals surface area contributed by atoms with E-state index in [1.807, 2.05) is 61.1 Å². The van der Waals surface area contributed by atoms with Crippen LogP contribution < -0.4 is 0 Å². The van der Waals surface area contributed by atoms with Crippen molar-refractivity contribution in [1.82, 2.24) is 19.9 Å². The number of hydrogen-bond donors (Lipinski definition) is 2. The van der Waals surface area contributed by atoms with E-state index in [2.05, 4.69) is 27.1 Å². The number of rotatable bonds is 4. The highest BCUT2D eigenvalue weighted by Gasteiger charge is 2.05. The Balaban J connectivity index is 1.61. The molecule has 112 valence electrons. The fourth-order valence-corrected chi connectivity index (χ4v) is 2.65. The van der Waals surface area contributed by atoms with Crippen molar-refractivity contribution < 1.29 is 0 Å². The second-order valence-electron chi connectivity index (χ2n) is 5.41. The van der Waals surface area contributed by atoms with Crippen molar-refractivity contribution in [2.45, 2.75) is 6.42 Å². The van der Waals surface area contributed by atoms with Crippen molar-refractivity contribution in [3.05, 3.63) is 84.4 Å².